The summed E-state index contributed by atoms with van der Waals surface area (Å²) in [5, 5.41) is 0. The van der Waals surface area contributed by atoms with Crippen LogP contribution in [0.3, 0.4) is 0 Å². The van der Waals surface area contributed by atoms with E-state index in [2.05, 4.69) is 0 Å². The van der Waals surface area contributed by atoms with E-state index in [0.29, 0.717) is 13.1 Å². The Labute approximate surface area is 144 Å². The van der Waals surface area contributed by atoms with Gasteiger partial charge in [0.25, 0.3) is 0 Å². The summed E-state index contributed by atoms with van der Waals surface area (Å²) in [4.78, 5) is 28.0. The molecule has 1 atom stereocenters. The van der Waals surface area contributed by atoms with Gasteiger partial charge >= 0.3 is 0 Å². The highest BCUT2D eigenvalue weighted by atomic mass is 16.2. The molecule has 1 aromatic rings. The number of fused-ring (bicyclic) bond motifs is 1. The zero-order chi connectivity index (χ0) is 17.9. The Balaban J connectivity index is 2.20. The third-order valence-corrected chi connectivity index (χ3v) is 4.48. The summed E-state index contributed by atoms with van der Waals surface area (Å²) < 4.78 is 0. The highest BCUT2D eigenvalue weighted by Gasteiger charge is 2.30. The van der Waals surface area contributed by atoms with E-state index in [1.807, 2.05) is 44.2 Å². The molecule has 0 spiro atoms. The van der Waals surface area contributed by atoms with Crippen LogP contribution in [0.1, 0.15) is 44.4 Å². The summed E-state index contributed by atoms with van der Waals surface area (Å²) in [6.45, 7) is 6.71. The molecular weight excluding hydrogens is 302 g/mol. The molecule has 1 aliphatic rings. The molecule has 0 bridgehead atoms. The van der Waals surface area contributed by atoms with Crippen LogP contribution in [0.2, 0.25) is 0 Å². The van der Waals surface area contributed by atoms with Crippen molar-refractivity contribution in [3.63, 3.8) is 0 Å². The number of nitrogens with zero attached hydrogens (tertiary/aromatic N) is 2. The van der Waals surface area contributed by atoms with Crippen molar-refractivity contribution < 1.29 is 9.59 Å². The average Bonchev–Trinajstić information content (AvgIpc) is 2.54. The lowest BCUT2D eigenvalue weighted by Gasteiger charge is -2.34. The Hall–Kier alpha value is -2.14. The quantitative estimate of drug-likeness (QED) is 0.902. The van der Waals surface area contributed by atoms with E-state index < -0.39 is 0 Å². The molecule has 2 N–H and O–H groups in total. The Bertz CT molecular complexity index is 652. The molecule has 0 aromatic heterocycles. The molecule has 1 unspecified atom stereocenters. The van der Waals surface area contributed by atoms with Gasteiger partial charge in [-0.15, -0.1) is 0 Å². The molecule has 0 saturated heterocycles. The van der Waals surface area contributed by atoms with Gasteiger partial charge in [-0.2, -0.15) is 0 Å². The van der Waals surface area contributed by atoms with Crippen LogP contribution < -0.4 is 5.73 Å². The summed E-state index contributed by atoms with van der Waals surface area (Å²) in [6.07, 6.45) is 3.95. The van der Waals surface area contributed by atoms with E-state index in [0.717, 1.165) is 11.1 Å². The fraction of sp³-hybridized carbons (Fsp3) is 0.474. The van der Waals surface area contributed by atoms with Crippen LogP contribution in [0.25, 0.3) is 6.08 Å². The van der Waals surface area contributed by atoms with Gasteiger partial charge in [0, 0.05) is 26.7 Å². The Morgan fingerprint density at radius 3 is 2.58 bits per heavy atom. The van der Waals surface area contributed by atoms with E-state index in [1.165, 1.54) is 6.92 Å². The molecule has 0 saturated carbocycles. The summed E-state index contributed by atoms with van der Waals surface area (Å²) in [5.74, 6) is -0.0543. The summed E-state index contributed by atoms with van der Waals surface area (Å²) in [7, 11) is 1.79. The fourth-order valence-corrected chi connectivity index (χ4v) is 3.03. The van der Waals surface area contributed by atoms with Gasteiger partial charge in [0.15, 0.2) is 0 Å². The van der Waals surface area contributed by atoms with E-state index in [-0.39, 0.29) is 29.7 Å². The van der Waals surface area contributed by atoms with Crippen LogP contribution >= 0.6 is 0 Å². The molecule has 1 heterocycles. The second-order valence-corrected chi connectivity index (χ2v) is 7.21. The van der Waals surface area contributed by atoms with Crippen LogP contribution in [-0.2, 0) is 9.59 Å². The number of rotatable bonds is 5. The van der Waals surface area contributed by atoms with E-state index in [9.17, 15) is 9.59 Å². The van der Waals surface area contributed by atoms with Crippen molar-refractivity contribution in [2.45, 2.75) is 33.2 Å². The lowest BCUT2D eigenvalue weighted by Crippen LogP contribution is -2.41. The average molecular weight is 329 g/mol. The molecule has 1 aromatic carbocycles. The van der Waals surface area contributed by atoms with Crippen molar-refractivity contribution in [3.05, 3.63) is 41.6 Å². The Morgan fingerprint density at radius 1 is 1.29 bits per heavy atom. The van der Waals surface area contributed by atoms with Gasteiger partial charge in [0.05, 0.1) is 12.5 Å². The predicted octanol–water partition coefficient (Wildman–Crippen LogP) is 2.39. The van der Waals surface area contributed by atoms with Gasteiger partial charge in [-0.05, 0) is 29.2 Å². The third kappa shape index (κ3) is 4.03. The van der Waals surface area contributed by atoms with Gasteiger partial charge < -0.3 is 15.5 Å². The molecule has 0 radical (unpaired) electrons. The number of carbonyl (C=O) groups excluding carboxylic acids is 2. The van der Waals surface area contributed by atoms with Gasteiger partial charge in [-0.1, -0.05) is 38.1 Å². The van der Waals surface area contributed by atoms with Crippen LogP contribution in [0, 0.1) is 5.41 Å². The van der Waals surface area contributed by atoms with Crippen LogP contribution in [0.4, 0.5) is 0 Å². The van der Waals surface area contributed by atoms with Gasteiger partial charge in [0.1, 0.15) is 0 Å². The predicted molar refractivity (Wildman–Crippen MR) is 95.8 cm³/mol. The zero-order valence-corrected chi connectivity index (χ0v) is 15.0. The third-order valence-electron chi connectivity index (χ3n) is 4.48. The first-order chi connectivity index (χ1) is 11.2. The first-order valence-corrected chi connectivity index (χ1v) is 8.25. The minimum absolute atomic E-state index is 0.0119. The molecule has 0 aliphatic carbocycles. The number of carbonyl (C=O) groups is 2. The highest BCUT2D eigenvalue weighted by molar-refractivity contribution is 5.81. The number of hydrogen-bond donors (Lipinski definition) is 1. The second-order valence-electron chi connectivity index (χ2n) is 7.21. The van der Waals surface area contributed by atoms with Gasteiger partial charge in [0.2, 0.25) is 11.8 Å². The first-order valence-electron chi connectivity index (χ1n) is 8.25. The van der Waals surface area contributed by atoms with E-state index >= 15 is 0 Å². The van der Waals surface area contributed by atoms with Crippen LogP contribution in [-0.4, -0.2) is 41.8 Å². The van der Waals surface area contributed by atoms with Crippen LogP contribution in [0.5, 0.6) is 0 Å². The van der Waals surface area contributed by atoms with Gasteiger partial charge in [-0.3, -0.25) is 9.59 Å². The number of nitrogens with two attached hydrogens (primary N) is 1. The van der Waals surface area contributed by atoms with E-state index in [1.54, 1.807) is 23.0 Å². The Morgan fingerprint density at radius 2 is 1.96 bits per heavy atom. The monoisotopic (exact) mass is 329 g/mol. The lowest BCUT2D eigenvalue weighted by molar-refractivity contribution is -0.134. The lowest BCUT2D eigenvalue weighted by atomic mass is 9.91. The summed E-state index contributed by atoms with van der Waals surface area (Å²) >= 11 is 0. The molecule has 1 aliphatic heterocycles. The van der Waals surface area contributed by atoms with Crippen LogP contribution in [0.15, 0.2) is 30.5 Å². The first kappa shape index (κ1) is 18.2. The largest absolute Gasteiger partial charge is 0.345 e. The second kappa shape index (κ2) is 7.18. The molecule has 0 fully saturated rings. The molecule has 2 rings (SSSR count). The SMILES string of the molecule is CC(=O)N1C=Cc2ccccc2C1CC(=O)N(C)CC(C)(C)CN. The fourth-order valence-electron chi connectivity index (χ4n) is 3.03. The minimum atomic E-state index is -0.264. The van der Waals surface area contributed by atoms with Crippen molar-refractivity contribution in [1.82, 2.24) is 9.80 Å². The maximum atomic E-state index is 12.7. The highest BCUT2D eigenvalue weighted by Crippen LogP contribution is 2.33. The standard InChI is InChI=1S/C19H27N3O2/c1-14(23)22-10-9-15-7-5-6-8-16(15)17(22)11-18(24)21(4)13-19(2,3)12-20/h5-10,17H,11-13,20H2,1-4H3. The smallest absolute Gasteiger partial charge is 0.224 e. The molecular formula is C19H27N3O2. The molecule has 130 valence electrons. The van der Waals surface area contributed by atoms with E-state index in [4.69, 9.17) is 5.73 Å². The van der Waals surface area contributed by atoms with Gasteiger partial charge in [-0.25, -0.2) is 0 Å². The number of hydrogen-bond acceptors (Lipinski definition) is 3. The van der Waals surface area contributed by atoms with Crippen molar-refractivity contribution in [1.29, 1.82) is 0 Å². The Kier molecular flexibility index (Phi) is 5.44. The van der Waals surface area contributed by atoms with Crippen molar-refractivity contribution in [2.24, 2.45) is 11.1 Å². The maximum absolute atomic E-state index is 12.7. The minimum Gasteiger partial charge on any atom is -0.345 e. The van der Waals surface area contributed by atoms with Crippen molar-refractivity contribution >= 4 is 17.9 Å². The van der Waals surface area contributed by atoms with Crippen molar-refractivity contribution in [3.8, 4) is 0 Å². The topological polar surface area (TPSA) is 66.6 Å². The summed E-state index contributed by atoms with van der Waals surface area (Å²) in [6, 6.07) is 7.62. The van der Waals surface area contributed by atoms with Crippen molar-refractivity contribution in [2.75, 3.05) is 20.1 Å². The normalized spacial score (nSPS) is 16.7. The molecule has 5 nitrogen and oxygen atoms in total. The molecule has 5 heteroatoms. The molecule has 24 heavy (non-hydrogen) atoms. The number of benzene rings is 1. The summed E-state index contributed by atoms with van der Waals surface area (Å²) in [5.41, 5.74) is 7.70. The maximum Gasteiger partial charge on any atom is 0.224 e. The zero-order valence-electron chi connectivity index (χ0n) is 15.0. The number of amides is 2. The molecule has 2 amide bonds.